The van der Waals surface area contributed by atoms with Crippen molar-refractivity contribution >= 4 is 18.3 Å². The fourth-order valence-corrected chi connectivity index (χ4v) is 0.975. The molecular weight excluding hydrogens is 149 g/mol. The molecule has 0 bridgehead atoms. The maximum atomic E-state index is 10.7. The van der Waals surface area contributed by atoms with Crippen molar-refractivity contribution in [2.24, 2.45) is 0 Å². The molecule has 0 fully saturated rings. The van der Waals surface area contributed by atoms with Gasteiger partial charge in [0.15, 0.2) is 0 Å². The van der Waals surface area contributed by atoms with E-state index in [-0.39, 0.29) is 5.78 Å². The molecule has 1 aromatic rings. The molecule has 0 amide bonds. The van der Waals surface area contributed by atoms with Crippen LogP contribution in [0.25, 0.3) is 5.57 Å². The Morgan fingerprint density at radius 3 is 2.83 bits per heavy atom. The van der Waals surface area contributed by atoms with E-state index in [0.29, 0.717) is 0 Å². The van der Waals surface area contributed by atoms with Crippen LogP contribution in [0.1, 0.15) is 19.5 Å². The average molecular weight is 159 g/mol. The van der Waals surface area contributed by atoms with E-state index in [1.54, 1.807) is 12.3 Å². The van der Waals surface area contributed by atoms with Gasteiger partial charge in [0, 0.05) is 0 Å². The van der Waals surface area contributed by atoms with Crippen molar-refractivity contribution in [1.29, 1.82) is 0 Å². The van der Waals surface area contributed by atoms with E-state index in [1.807, 2.05) is 25.8 Å². The second kappa shape index (κ2) is 3.95. The molecule has 1 aromatic heterocycles. The predicted molar refractivity (Wildman–Crippen MR) is 49.9 cm³/mol. The number of rotatable bonds is 2. The molecular formula is C9H10BNO. The van der Waals surface area contributed by atoms with Crippen molar-refractivity contribution in [3.8, 4) is 0 Å². The molecule has 1 rings (SSSR count). The van der Waals surface area contributed by atoms with Crippen LogP contribution in [0.4, 0.5) is 0 Å². The van der Waals surface area contributed by atoms with E-state index < -0.39 is 0 Å². The van der Waals surface area contributed by atoms with E-state index in [4.69, 9.17) is 0 Å². The number of carbonyl (C=O) groups is 1. The average Bonchev–Trinajstić information content (AvgIpc) is 2.05. The third-order valence-corrected chi connectivity index (χ3v) is 1.49. The summed E-state index contributed by atoms with van der Waals surface area (Å²) in [5, 5.41) is 0. The van der Waals surface area contributed by atoms with Crippen LogP contribution in [0.15, 0.2) is 24.2 Å². The van der Waals surface area contributed by atoms with Crippen molar-refractivity contribution in [3.05, 3.63) is 29.9 Å². The fraction of sp³-hybridized carbons (Fsp3) is 0.222. The Morgan fingerprint density at radius 2 is 2.33 bits per heavy atom. The molecule has 60 valence electrons. The molecule has 12 heavy (non-hydrogen) atoms. The van der Waals surface area contributed by atoms with Crippen molar-refractivity contribution < 1.29 is 4.79 Å². The van der Waals surface area contributed by atoms with E-state index in [9.17, 15) is 4.79 Å². The Balaban J connectivity index is 2.93. The van der Waals surface area contributed by atoms with Gasteiger partial charge in [-0.3, -0.25) is 0 Å². The van der Waals surface area contributed by atoms with Crippen molar-refractivity contribution in [1.82, 2.24) is 4.98 Å². The predicted octanol–water partition coefficient (Wildman–Crippen LogP) is 1.41. The molecule has 1 heterocycles. The molecule has 0 N–H and O–H groups in total. The first-order valence-electron chi connectivity index (χ1n) is 3.80. The number of aromatic nitrogens is 1. The Hall–Kier alpha value is -1.25. The second-order valence-electron chi connectivity index (χ2n) is 2.65. The van der Waals surface area contributed by atoms with Crippen LogP contribution in [0.3, 0.4) is 0 Å². The third kappa shape index (κ3) is 2.42. The fourth-order valence-electron chi connectivity index (χ4n) is 0.975. The molecule has 2 nitrogen and oxygen atoms in total. The molecule has 0 atom stereocenters. The summed E-state index contributed by atoms with van der Waals surface area (Å²) in [7, 11) is 0. The molecule has 0 saturated carbocycles. The first-order valence-corrected chi connectivity index (χ1v) is 3.80. The molecule has 0 aliphatic heterocycles. The van der Waals surface area contributed by atoms with Gasteiger partial charge in [0.25, 0.3) is 0 Å². The zero-order valence-corrected chi connectivity index (χ0v) is 7.24. The van der Waals surface area contributed by atoms with Gasteiger partial charge in [-0.25, -0.2) is 0 Å². The van der Waals surface area contributed by atoms with Gasteiger partial charge in [0.1, 0.15) is 0 Å². The molecule has 0 saturated heterocycles. The molecule has 0 spiro atoms. The van der Waals surface area contributed by atoms with E-state index in [1.165, 1.54) is 6.92 Å². The van der Waals surface area contributed by atoms with Gasteiger partial charge in [-0.2, -0.15) is 0 Å². The Bertz CT molecular complexity index is 306. The van der Waals surface area contributed by atoms with Gasteiger partial charge < -0.3 is 0 Å². The van der Waals surface area contributed by atoms with Crippen LogP contribution in [0, 0.1) is 0 Å². The minimum absolute atomic E-state index is 0.0538. The monoisotopic (exact) mass is 159 g/mol. The molecule has 0 aliphatic rings. The number of nitrogens with zero attached hydrogens (tertiary/aromatic N) is 1. The summed E-state index contributed by atoms with van der Waals surface area (Å²) in [5.74, 6) is 3.79. The minimum atomic E-state index is 0.0538. The number of allylic oxidation sites excluding steroid dienone is 2. The first-order chi connectivity index (χ1) is 5.70. The quantitative estimate of drug-likeness (QED) is 0.610. The van der Waals surface area contributed by atoms with Crippen LogP contribution in [0.5, 0.6) is 0 Å². The van der Waals surface area contributed by atoms with Crippen molar-refractivity contribution in [2.75, 3.05) is 0 Å². The maximum absolute atomic E-state index is 10.7. The standard InChI is InChI=1S/C9H10BNO/c1-7(5-8(2)12)9-6-10-3-4-11-9/h3-6H,1-2H3/b7-5+. The molecule has 0 aromatic carbocycles. The van der Waals surface area contributed by atoms with Gasteiger partial charge in [-0.1, -0.05) is 0 Å². The summed E-state index contributed by atoms with van der Waals surface area (Å²) in [6.07, 6.45) is 3.30. The zero-order valence-electron chi connectivity index (χ0n) is 7.24. The van der Waals surface area contributed by atoms with E-state index >= 15 is 0 Å². The summed E-state index contributed by atoms with van der Waals surface area (Å²) in [5.41, 5.74) is 1.76. The normalized spacial score (nSPS) is 11.0. The second-order valence-corrected chi connectivity index (χ2v) is 2.65. The summed E-state index contributed by atoms with van der Waals surface area (Å²) in [4.78, 5) is 14.8. The van der Waals surface area contributed by atoms with Crippen LogP contribution < -0.4 is 0 Å². The summed E-state index contributed by atoms with van der Waals surface area (Å²) in [6, 6.07) is 0. The van der Waals surface area contributed by atoms with Crippen LogP contribution in [-0.2, 0) is 4.79 Å². The Kier molecular flexibility index (Phi) is 2.91. The van der Waals surface area contributed by atoms with E-state index in [0.717, 1.165) is 11.3 Å². The molecule has 0 radical (unpaired) electrons. The van der Waals surface area contributed by atoms with Gasteiger partial charge >= 0.3 is 71.8 Å². The van der Waals surface area contributed by atoms with Crippen LogP contribution in [0.2, 0.25) is 0 Å². The Morgan fingerprint density at radius 1 is 1.58 bits per heavy atom. The number of carbonyl (C=O) groups excluding carboxylic acids is 1. The van der Waals surface area contributed by atoms with Crippen molar-refractivity contribution in [3.63, 3.8) is 0 Å². The SMILES string of the molecule is CC(=O)/C=C(\C)c1cbccn1. The van der Waals surface area contributed by atoms with Gasteiger partial charge in [0.05, 0.1) is 0 Å². The number of ketones is 1. The Labute approximate surface area is 72.5 Å². The van der Waals surface area contributed by atoms with E-state index in [2.05, 4.69) is 4.98 Å². The van der Waals surface area contributed by atoms with Crippen LogP contribution in [-0.4, -0.2) is 17.7 Å². The molecule has 0 unspecified atom stereocenters. The molecule has 3 heteroatoms. The van der Waals surface area contributed by atoms with Gasteiger partial charge in [-0.15, -0.1) is 0 Å². The topological polar surface area (TPSA) is 30.0 Å². The van der Waals surface area contributed by atoms with Gasteiger partial charge in [-0.05, 0) is 0 Å². The number of hydrogen-bond acceptors (Lipinski definition) is 2. The first kappa shape index (κ1) is 8.85. The number of hydrogen-bond donors (Lipinski definition) is 0. The third-order valence-electron chi connectivity index (χ3n) is 1.49. The summed E-state index contributed by atoms with van der Waals surface area (Å²) >= 11 is 0. The summed E-state index contributed by atoms with van der Waals surface area (Å²) < 4.78 is 0. The molecule has 0 aliphatic carbocycles. The summed E-state index contributed by atoms with van der Waals surface area (Å²) in [6.45, 7) is 5.32. The van der Waals surface area contributed by atoms with Crippen LogP contribution >= 0.6 is 0 Å². The van der Waals surface area contributed by atoms with Crippen molar-refractivity contribution in [2.45, 2.75) is 13.8 Å². The van der Waals surface area contributed by atoms with Gasteiger partial charge in [0.2, 0.25) is 0 Å². The zero-order chi connectivity index (χ0) is 8.97.